The van der Waals surface area contributed by atoms with E-state index < -0.39 is 23.6 Å². The van der Waals surface area contributed by atoms with Crippen LogP contribution in [0.3, 0.4) is 0 Å². The van der Waals surface area contributed by atoms with Gasteiger partial charge in [-0.15, -0.1) is 0 Å². The van der Waals surface area contributed by atoms with Crippen molar-refractivity contribution in [1.82, 2.24) is 4.57 Å². The molecule has 172 valence electrons. The molecule has 0 aromatic carbocycles. The molecule has 0 spiro atoms. The SMILES string of the molecule is C=C1C=C(O)C=C/C1=N/C1=C(C)Cn2c1cc1c(c2=O)COC(=O)[C@@]1(CC)OC(=O)C(C)N. The second-order valence-corrected chi connectivity index (χ2v) is 8.33. The monoisotopic (exact) mass is 451 g/mol. The van der Waals surface area contributed by atoms with Crippen molar-refractivity contribution < 1.29 is 24.2 Å². The Hall–Kier alpha value is -3.72. The number of nitrogens with zero attached hydrogens (tertiary/aromatic N) is 2. The first-order valence-electron chi connectivity index (χ1n) is 10.6. The van der Waals surface area contributed by atoms with Crippen molar-refractivity contribution in [3.8, 4) is 0 Å². The number of aliphatic imine (C=N–C) groups is 1. The highest BCUT2D eigenvalue weighted by Crippen LogP contribution is 2.40. The lowest BCUT2D eigenvalue weighted by molar-refractivity contribution is -0.190. The highest BCUT2D eigenvalue weighted by Gasteiger charge is 2.50. The number of allylic oxidation sites excluding steroid dienone is 5. The van der Waals surface area contributed by atoms with Gasteiger partial charge in [0.15, 0.2) is 0 Å². The lowest BCUT2D eigenvalue weighted by Gasteiger charge is -2.36. The molecule has 0 radical (unpaired) electrons. The molecule has 0 amide bonds. The van der Waals surface area contributed by atoms with E-state index in [9.17, 15) is 19.5 Å². The van der Waals surface area contributed by atoms with Crippen LogP contribution in [0, 0.1) is 0 Å². The van der Waals surface area contributed by atoms with E-state index in [1.54, 1.807) is 23.6 Å². The maximum atomic E-state index is 13.4. The fourth-order valence-corrected chi connectivity index (χ4v) is 4.16. The van der Waals surface area contributed by atoms with Crippen LogP contribution in [0.4, 0.5) is 0 Å². The zero-order valence-electron chi connectivity index (χ0n) is 18.7. The fourth-order valence-electron chi connectivity index (χ4n) is 4.16. The smallest absolute Gasteiger partial charge is 0.355 e. The zero-order chi connectivity index (χ0) is 24.1. The van der Waals surface area contributed by atoms with Gasteiger partial charge in [0.2, 0.25) is 5.60 Å². The standard InChI is InChI=1S/C24H25N3O6/c1-5-24(33-22(30)14(4)25)17-9-19-20(26-18-7-6-15(28)8-12(18)2)13(3)10-27(19)21(29)16(17)11-32-23(24)31/h6-9,14,28H,2,5,10-11,25H2,1,3-4H3/b26-18-/t14?,24-/m0/s1. The Labute approximate surface area is 190 Å². The van der Waals surface area contributed by atoms with Crippen molar-refractivity contribution in [3.05, 3.63) is 75.0 Å². The predicted octanol–water partition coefficient (Wildman–Crippen LogP) is 2.15. The number of esters is 2. The normalized spacial score (nSPS) is 23.8. The van der Waals surface area contributed by atoms with Crippen LogP contribution in [0.1, 0.15) is 44.0 Å². The number of carbonyl (C=O) groups excluding carboxylic acids is 2. The average molecular weight is 451 g/mol. The van der Waals surface area contributed by atoms with Gasteiger partial charge in [-0.3, -0.25) is 9.59 Å². The first kappa shape index (κ1) is 22.5. The molecule has 2 atom stereocenters. The fraction of sp³-hybridized carbons (Fsp3) is 0.333. The molecular formula is C24H25N3O6. The summed E-state index contributed by atoms with van der Waals surface area (Å²) in [6, 6.07) is 0.716. The summed E-state index contributed by atoms with van der Waals surface area (Å²) in [5, 5.41) is 9.66. The first-order chi connectivity index (χ1) is 15.6. The molecule has 1 aromatic rings. The second kappa shape index (κ2) is 8.00. The third-order valence-electron chi connectivity index (χ3n) is 5.99. The van der Waals surface area contributed by atoms with Crippen LogP contribution in [0.5, 0.6) is 0 Å². The van der Waals surface area contributed by atoms with Gasteiger partial charge in [0.25, 0.3) is 5.56 Å². The Morgan fingerprint density at radius 3 is 2.79 bits per heavy atom. The largest absolute Gasteiger partial charge is 0.508 e. The lowest BCUT2D eigenvalue weighted by Crippen LogP contribution is -2.49. The summed E-state index contributed by atoms with van der Waals surface area (Å²) in [5.74, 6) is -1.44. The number of fused-ring (bicyclic) bond motifs is 2. The molecule has 4 rings (SSSR count). The lowest BCUT2D eigenvalue weighted by atomic mass is 9.85. The number of hydrogen-bond donors (Lipinski definition) is 2. The molecule has 3 N–H and O–H groups in total. The minimum atomic E-state index is -1.77. The number of pyridine rings is 1. The summed E-state index contributed by atoms with van der Waals surface area (Å²) < 4.78 is 12.4. The van der Waals surface area contributed by atoms with E-state index in [0.29, 0.717) is 29.2 Å². The Bertz CT molecular complexity index is 1280. The summed E-state index contributed by atoms with van der Waals surface area (Å²) in [6.07, 6.45) is 4.70. The van der Waals surface area contributed by atoms with Gasteiger partial charge in [0.1, 0.15) is 18.4 Å². The maximum Gasteiger partial charge on any atom is 0.355 e. The molecule has 1 aromatic heterocycles. The summed E-state index contributed by atoms with van der Waals surface area (Å²) in [5.41, 5.74) is 7.03. The van der Waals surface area contributed by atoms with Crippen LogP contribution >= 0.6 is 0 Å². The number of rotatable bonds is 4. The molecular weight excluding hydrogens is 426 g/mol. The molecule has 9 heteroatoms. The van der Waals surface area contributed by atoms with E-state index in [4.69, 9.17) is 20.2 Å². The van der Waals surface area contributed by atoms with Crippen molar-refractivity contribution in [3.63, 3.8) is 0 Å². The zero-order valence-corrected chi connectivity index (χ0v) is 18.7. The van der Waals surface area contributed by atoms with E-state index in [0.717, 1.165) is 5.57 Å². The topological polar surface area (TPSA) is 133 Å². The summed E-state index contributed by atoms with van der Waals surface area (Å²) in [7, 11) is 0. The van der Waals surface area contributed by atoms with Gasteiger partial charge in [0.05, 0.1) is 22.7 Å². The van der Waals surface area contributed by atoms with E-state index >= 15 is 0 Å². The average Bonchev–Trinajstić information content (AvgIpc) is 3.07. The van der Waals surface area contributed by atoms with Gasteiger partial charge in [-0.1, -0.05) is 13.5 Å². The molecule has 0 fully saturated rings. The molecule has 0 bridgehead atoms. The maximum absolute atomic E-state index is 13.4. The minimum Gasteiger partial charge on any atom is -0.508 e. The molecule has 3 aliphatic rings. The quantitative estimate of drug-likeness (QED) is 0.670. The summed E-state index contributed by atoms with van der Waals surface area (Å²) in [4.78, 5) is 43.3. The van der Waals surface area contributed by atoms with Crippen LogP contribution in [0.2, 0.25) is 0 Å². The minimum absolute atomic E-state index is 0.0658. The van der Waals surface area contributed by atoms with Gasteiger partial charge in [0, 0.05) is 12.1 Å². The summed E-state index contributed by atoms with van der Waals surface area (Å²) >= 11 is 0. The highest BCUT2D eigenvalue weighted by molar-refractivity contribution is 6.13. The molecule has 9 nitrogen and oxygen atoms in total. The molecule has 3 heterocycles. The number of carbonyl (C=O) groups is 2. The molecule has 0 saturated heterocycles. The molecule has 0 saturated carbocycles. The number of hydrogen-bond acceptors (Lipinski definition) is 8. The molecule has 2 aliphatic heterocycles. The van der Waals surface area contributed by atoms with Crippen molar-refractivity contribution in [2.45, 2.75) is 52.0 Å². The Balaban J connectivity index is 1.89. The van der Waals surface area contributed by atoms with E-state index in [1.807, 2.05) is 6.92 Å². The van der Waals surface area contributed by atoms with E-state index in [-0.39, 0.29) is 35.5 Å². The number of ether oxygens (including phenoxy) is 2. The van der Waals surface area contributed by atoms with Crippen LogP contribution in [-0.2, 0) is 37.8 Å². The molecule has 33 heavy (non-hydrogen) atoms. The number of aliphatic hydroxyl groups excluding tert-OH is 1. The van der Waals surface area contributed by atoms with Gasteiger partial charge < -0.3 is 24.9 Å². The third-order valence-corrected chi connectivity index (χ3v) is 5.99. The number of nitrogens with two attached hydrogens (primary N) is 1. The van der Waals surface area contributed by atoms with Crippen molar-refractivity contribution in [1.29, 1.82) is 0 Å². The summed E-state index contributed by atoms with van der Waals surface area (Å²) in [6.45, 7) is 9.01. The first-order valence-corrected chi connectivity index (χ1v) is 10.6. The van der Waals surface area contributed by atoms with E-state index in [2.05, 4.69) is 6.58 Å². The molecule has 1 unspecified atom stereocenters. The molecule has 1 aliphatic carbocycles. The Morgan fingerprint density at radius 1 is 1.42 bits per heavy atom. The van der Waals surface area contributed by atoms with Crippen molar-refractivity contribution in [2.24, 2.45) is 10.7 Å². The van der Waals surface area contributed by atoms with E-state index in [1.165, 1.54) is 19.1 Å². The highest BCUT2D eigenvalue weighted by atomic mass is 16.6. The number of aliphatic hydroxyl groups is 1. The third kappa shape index (κ3) is 3.54. The van der Waals surface area contributed by atoms with Crippen molar-refractivity contribution in [2.75, 3.05) is 0 Å². The number of cyclic esters (lactones) is 1. The van der Waals surface area contributed by atoms with Gasteiger partial charge in [-0.05, 0) is 55.7 Å². The van der Waals surface area contributed by atoms with Crippen molar-refractivity contribution >= 4 is 23.3 Å². The van der Waals surface area contributed by atoms with Gasteiger partial charge in [-0.2, -0.15) is 0 Å². The van der Waals surface area contributed by atoms with Gasteiger partial charge >= 0.3 is 11.9 Å². The van der Waals surface area contributed by atoms with Crippen LogP contribution in [-0.4, -0.2) is 33.4 Å². The predicted molar refractivity (Wildman–Crippen MR) is 121 cm³/mol. The number of aromatic nitrogens is 1. The second-order valence-electron chi connectivity index (χ2n) is 8.33. The van der Waals surface area contributed by atoms with Crippen LogP contribution in [0.15, 0.2) is 57.6 Å². The Morgan fingerprint density at radius 2 is 2.15 bits per heavy atom. The van der Waals surface area contributed by atoms with Crippen LogP contribution < -0.4 is 11.3 Å². The Kier molecular flexibility index (Phi) is 5.45. The van der Waals surface area contributed by atoms with Crippen LogP contribution in [0.25, 0.3) is 5.70 Å². The van der Waals surface area contributed by atoms with Gasteiger partial charge in [-0.25, -0.2) is 9.79 Å².